The lowest BCUT2D eigenvalue weighted by molar-refractivity contribution is 0.162. The lowest BCUT2D eigenvalue weighted by Gasteiger charge is -2.15. The molecule has 0 aliphatic rings. The van der Waals surface area contributed by atoms with Gasteiger partial charge in [-0.05, 0) is 36.9 Å². The third-order valence-corrected chi connectivity index (χ3v) is 3.05. The molecule has 0 aliphatic carbocycles. The van der Waals surface area contributed by atoms with Gasteiger partial charge in [-0.15, -0.1) is 0 Å². The summed E-state index contributed by atoms with van der Waals surface area (Å²) in [6.45, 7) is 0.420. The Balaban J connectivity index is 2.31. The summed E-state index contributed by atoms with van der Waals surface area (Å²) in [4.78, 5) is 0. The molecule has 20 heavy (non-hydrogen) atoms. The van der Waals surface area contributed by atoms with Crippen molar-refractivity contribution in [2.45, 2.75) is 12.6 Å². The highest BCUT2D eigenvalue weighted by Gasteiger charge is 2.18. The highest BCUT2D eigenvalue weighted by molar-refractivity contribution is 5.35. The van der Waals surface area contributed by atoms with Crippen LogP contribution in [0.4, 0.5) is 4.39 Å². The van der Waals surface area contributed by atoms with E-state index < -0.39 is 0 Å². The molecule has 1 atom stereocenters. The molecule has 0 amide bonds. The molecule has 4 nitrogen and oxygen atoms in total. The van der Waals surface area contributed by atoms with Crippen LogP contribution in [0, 0.1) is 5.82 Å². The molecule has 0 fully saturated rings. The van der Waals surface area contributed by atoms with Gasteiger partial charge in [-0.2, -0.15) is 0 Å². The van der Waals surface area contributed by atoms with Crippen LogP contribution in [-0.2, 0) is 11.3 Å². The predicted molar refractivity (Wildman–Crippen MR) is 73.3 cm³/mol. The van der Waals surface area contributed by atoms with Crippen LogP contribution in [-0.4, -0.2) is 21.3 Å². The molecule has 1 unspecified atom stereocenters. The fraction of sp³-hybridized carbons (Fsp3) is 0.333. The van der Waals surface area contributed by atoms with E-state index in [1.807, 2.05) is 19.2 Å². The molecule has 1 heterocycles. The van der Waals surface area contributed by atoms with Gasteiger partial charge in [0.1, 0.15) is 18.1 Å². The maximum absolute atomic E-state index is 13.5. The second-order valence-corrected chi connectivity index (χ2v) is 4.35. The van der Waals surface area contributed by atoms with Gasteiger partial charge in [-0.1, -0.05) is 6.07 Å². The van der Waals surface area contributed by atoms with E-state index in [0.29, 0.717) is 6.61 Å². The topological polar surface area (TPSA) is 43.6 Å². The van der Waals surface area contributed by atoms with Gasteiger partial charge in [0.05, 0.1) is 13.2 Å². The number of furan rings is 1. The second-order valence-electron chi connectivity index (χ2n) is 4.35. The van der Waals surface area contributed by atoms with Crippen molar-refractivity contribution in [2.75, 3.05) is 21.3 Å². The van der Waals surface area contributed by atoms with Gasteiger partial charge in [0.25, 0.3) is 0 Å². The van der Waals surface area contributed by atoms with Crippen LogP contribution in [0.3, 0.4) is 0 Å². The fourth-order valence-corrected chi connectivity index (χ4v) is 2.10. The molecular weight excluding hydrogens is 261 g/mol. The highest BCUT2D eigenvalue weighted by atomic mass is 19.1. The molecule has 0 spiro atoms. The highest BCUT2D eigenvalue weighted by Crippen LogP contribution is 2.28. The monoisotopic (exact) mass is 279 g/mol. The van der Waals surface area contributed by atoms with E-state index in [1.165, 1.54) is 13.2 Å². The molecule has 2 rings (SSSR count). The summed E-state index contributed by atoms with van der Waals surface area (Å²) in [6, 6.07) is 8.33. The molecule has 0 aliphatic heterocycles. The quantitative estimate of drug-likeness (QED) is 0.883. The first-order valence-corrected chi connectivity index (χ1v) is 6.27. The number of rotatable bonds is 6. The van der Waals surface area contributed by atoms with Crippen LogP contribution in [0.15, 0.2) is 34.7 Å². The maximum atomic E-state index is 13.5. The van der Waals surface area contributed by atoms with Crippen molar-refractivity contribution >= 4 is 0 Å². The van der Waals surface area contributed by atoms with Crippen LogP contribution in [0.2, 0.25) is 0 Å². The van der Waals surface area contributed by atoms with Gasteiger partial charge >= 0.3 is 0 Å². The van der Waals surface area contributed by atoms with Crippen molar-refractivity contribution in [1.82, 2.24) is 5.32 Å². The van der Waals surface area contributed by atoms with Crippen LogP contribution in [0.25, 0.3) is 0 Å². The maximum Gasteiger partial charge on any atom is 0.165 e. The number of hydrogen-bond acceptors (Lipinski definition) is 4. The Labute approximate surface area is 117 Å². The zero-order chi connectivity index (χ0) is 14.5. The van der Waals surface area contributed by atoms with Crippen molar-refractivity contribution in [1.29, 1.82) is 0 Å². The van der Waals surface area contributed by atoms with E-state index in [0.717, 1.165) is 17.1 Å². The molecule has 0 radical (unpaired) electrons. The molecule has 5 heteroatoms. The van der Waals surface area contributed by atoms with E-state index in [2.05, 4.69) is 5.32 Å². The largest absolute Gasteiger partial charge is 0.494 e. The van der Waals surface area contributed by atoms with Gasteiger partial charge < -0.3 is 19.2 Å². The average molecular weight is 279 g/mol. The summed E-state index contributed by atoms with van der Waals surface area (Å²) in [6.07, 6.45) is 0. The normalized spacial score (nSPS) is 12.4. The molecule has 1 N–H and O–H groups in total. The third kappa shape index (κ3) is 3.00. The zero-order valence-corrected chi connectivity index (χ0v) is 11.8. The molecule has 2 aromatic rings. The van der Waals surface area contributed by atoms with Crippen LogP contribution < -0.4 is 10.1 Å². The van der Waals surface area contributed by atoms with Gasteiger partial charge in [-0.25, -0.2) is 4.39 Å². The van der Waals surface area contributed by atoms with E-state index in [1.54, 1.807) is 19.2 Å². The van der Waals surface area contributed by atoms with Crippen molar-refractivity contribution in [3.63, 3.8) is 0 Å². The number of ether oxygens (including phenoxy) is 2. The summed E-state index contributed by atoms with van der Waals surface area (Å²) in [5.74, 6) is 1.32. The Morgan fingerprint density at radius 2 is 2.05 bits per heavy atom. The minimum atomic E-state index is -0.384. The smallest absolute Gasteiger partial charge is 0.165 e. The lowest BCUT2D eigenvalue weighted by Crippen LogP contribution is -2.17. The molecular formula is C15H18FNO3. The number of benzene rings is 1. The van der Waals surface area contributed by atoms with E-state index in [-0.39, 0.29) is 17.6 Å². The first-order chi connectivity index (χ1) is 9.69. The standard InChI is InChI=1S/C15H18FNO3/c1-17-15(13-7-5-11(20-13)9-18-2)10-4-6-12(16)14(8-10)19-3/h4-8,15,17H,9H2,1-3H3. The molecule has 0 saturated carbocycles. The first kappa shape index (κ1) is 14.6. The van der Waals surface area contributed by atoms with Crippen LogP contribution in [0.5, 0.6) is 5.75 Å². The molecule has 0 bridgehead atoms. The Hall–Kier alpha value is -1.85. The van der Waals surface area contributed by atoms with Crippen molar-refractivity contribution in [2.24, 2.45) is 0 Å². The Kier molecular flexibility index (Phi) is 4.76. The molecule has 1 aromatic heterocycles. The second kappa shape index (κ2) is 6.54. The zero-order valence-electron chi connectivity index (χ0n) is 11.8. The summed E-state index contributed by atoms with van der Waals surface area (Å²) >= 11 is 0. The average Bonchev–Trinajstić information content (AvgIpc) is 2.90. The van der Waals surface area contributed by atoms with Gasteiger partial charge in [0.2, 0.25) is 0 Å². The summed E-state index contributed by atoms with van der Waals surface area (Å²) < 4.78 is 29.2. The molecule has 108 valence electrons. The van der Waals surface area contributed by atoms with Crippen molar-refractivity contribution in [3.05, 3.63) is 53.2 Å². The number of hydrogen-bond donors (Lipinski definition) is 1. The van der Waals surface area contributed by atoms with Gasteiger partial charge in [0, 0.05) is 7.11 Å². The predicted octanol–water partition coefficient (Wildman–Crippen LogP) is 2.88. The van der Waals surface area contributed by atoms with Gasteiger partial charge in [-0.3, -0.25) is 0 Å². The Morgan fingerprint density at radius 1 is 1.25 bits per heavy atom. The fourth-order valence-electron chi connectivity index (χ4n) is 2.10. The van der Waals surface area contributed by atoms with Crippen LogP contribution >= 0.6 is 0 Å². The number of methoxy groups -OCH3 is 2. The number of halogens is 1. The minimum absolute atomic E-state index is 0.171. The Morgan fingerprint density at radius 3 is 2.70 bits per heavy atom. The SMILES string of the molecule is CNC(c1ccc(F)c(OC)c1)c1ccc(COC)o1. The van der Waals surface area contributed by atoms with Crippen molar-refractivity contribution < 1.29 is 18.3 Å². The van der Waals surface area contributed by atoms with E-state index in [4.69, 9.17) is 13.9 Å². The Bertz CT molecular complexity index is 568. The third-order valence-electron chi connectivity index (χ3n) is 3.05. The van der Waals surface area contributed by atoms with E-state index >= 15 is 0 Å². The minimum Gasteiger partial charge on any atom is -0.494 e. The summed E-state index contributed by atoms with van der Waals surface area (Å²) in [7, 11) is 4.88. The lowest BCUT2D eigenvalue weighted by atomic mass is 10.0. The summed E-state index contributed by atoms with van der Waals surface area (Å²) in [5, 5.41) is 3.15. The van der Waals surface area contributed by atoms with Crippen molar-refractivity contribution in [3.8, 4) is 5.75 Å². The first-order valence-electron chi connectivity index (χ1n) is 6.27. The van der Waals surface area contributed by atoms with Gasteiger partial charge in [0.15, 0.2) is 11.6 Å². The van der Waals surface area contributed by atoms with E-state index in [9.17, 15) is 4.39 Å². The summed E-state index contributed by atoms with van der Waals surface area (Å²) in [5.41, 5.74) is 0.865. The van der Waals surface area contributed by atoms with Crippen LogP contribution in [0.1, 0.15) is 23.1 Å². The molecule has 0 saturated heterocycles. The molecule has 1 aromatic carbocycles. The number of nitrogens with one attached hydrogen (secondary N) is 1.